The van der Waals surface area contributed by atoms with Crippen LogP contribution in [0.1, 0.15) is 40.5 Å². The van der Waals surface area contributed by atoms with Gasteiger partial charge in [0, 0.05) is 5.57 Å². The first-order valence-electron chi connectivity index (χ1n) is 13.8. The number of aliphatic carboxylic acids is 2. The van der Waals surface area contributed by atoms with Gasteiger partial charge < -0.3 is 48.5 Å². The maximum Gasteiger partial charge on any atom is 1.00 e. The fourth-order valence-corrected chi connectivity index (χ4v) is 2.96. The summed E-state index contributed by atoms with van der Waals surface area (Å²) in [5.74, 6) is -9.13. The van der Waals surface area contributed by atoms with Gasteiger partial charge in [-0.05, 0) is 19.4 Å². The summed E-state index contributed by atoms with van der Waals surface area (Å²) in [4.78, 5) is 115. The summed E-state index contributed by atoms with van der Waals surface area (Å²) < 4.78 is 27.3. The number of aliphatic hydroxyl groups is 1. The number of alkyl halides is 2. The molecule has 3 heterocycles. The Labute approximate surface area is 341 Å². The van der Waals surface area contributed by atoms with E-state index < -0.39 is 84.1 Å². The number of carboxylic acids is 2. The Kier molecular flexibility index (Phi) is 32.3. The summed E-state index contributed by atoms with van der Waals surface area (Å²) in [5.41, 5.74) is 0.181. The maximum atomic E-state index is 11.2. The van der Waals surface area contributed by atoms with Crippen LogP contribution in [0.25, 0.3) is 0 Å². The van der Waals surface area contributed by atoms with Gasteiger partial charge in [0.15, 0.2) is 6.61 Å². The van der Waals surface area contributed by atoms with E-state index in [1.165, 1.54) is 13.8 Å². The molecule has 3 atom stereocenters. The number of hydrogen-bond donors (Lipinski definition) is 2. The van der Waals surface area contributed by atoms with E-state index in [0.29, 0.717) is 0 Å². The number of carbonyl (C=O) groups excluding carboxylic acids is 10. The van der Waals surface area contributed by atoms with E-state index in [9.17, 15) is 57.8 Å². The minimum atomic E-state index is -1.39. The van der Waals surface area contributed by atoms with Gasteiger partial charge in [-0.1, -0.05) is 52.4 Å². The molecule has 0 aromatic carbocycles. The molecule has 2 N–H and O–H groups in total. The molecule has 3 aliphatic heterocycles. The van der Waals surface area contributed by atoms with Crippen molar-refractivity contribution in [3.8, 4) is 0 Å². The van der Waals surface area contributed by atoms with Crippen LogP contribution in [0, 0.1) is 0 Å². The number of carboxylic acid groups (broad SMARTS) is 2. The average Bonchev–Trinajstić information content (AvgIpc) is 3.79. The van der Waals surface area contributed by atoms with Crippen LogP contribution in [0.3, 0.4) is 0 Å². The molecule has 3 fully saturated rings. The zero-order valence-electron chi connectivity index (χ0n) is 28.0. The Balaban J connectivity index is -0.000000301. The molecule has 0 spiro atoms. The third-order valence-electron chi connectivity index (χ3n) is 5.00. The molecule has 0 aromatic rings. The Morgan fingerprint density at radius 1 is 0.717 bits per heavy atom. The molecule has 0 radical (unpaired) electrons. The number of halogens is 2. The summed E-state index contributed by atoms with van der Waals surface area (Å²) in [6, 6.07) is 0. The van der Waals surface area contributed by atoms with E-state index in [1.807, 2.05) is 0 Å². The van der Waals surface area contributed by atoms with Gasteiger partial charge in [0.2, 0.25) is 5.78 Å². The number of rotatable bonds is 11. The third-order valence-corrected chi connectivity index (χ3v) is 6.02. The largest absolute Gasteiger partial charge is 1.00 e. The van der Waals surface area contributed by atoms with E-state index in [-0.39, 0.29) is 104 Å². The van der Waals surface area contributed by atoms with Crippen LogP contribution < -0.4 is 34.7 Å². The number of esters is 6. The van der Waals surface area contributed by atoms with Gasteiger partial charge in [0.05, 0.1) is 42.0 Å². The predicted molar refractivity (Wildman–Crippen MR) is 175 cm³/mol. The molecule has 0 aliphatic carbocycles. The minimum Gasteiger partial charge on any atom is -0.545 e. The summed E-state index contributed by atoms with van der Waals surface area (Å²) >= 11 is 5.51. The Bertz CT molecular complexity index is 1370. The second-order valence-electron chi connectivity index (χ2n) is 9.64. The van der Waals surface area contributed by atoms with Crippen molar-refractivity contribution in [2.75, 3.05) is 37.1 Å². The molecule has 3 aliphatic rings. The van der Waals surface area contributed by atoms with E-state index >= 15 is 0 Å². The van der Waals surface area contributed by atoms with Crippen molar-refractivity contribution in [2.24, 2.45) is 0 Å². The van der Waals surface area contributed by atoms with Gasteiger partial charge in [-0.25, -0.2) is 19.2 Å². The number of carbonyl (C=O) groups is 11. The Morgan fingerprint density at radius 2 is 1.09 bits per heavy atom. The SMILES string of the molecule is C.C=C(C)C(=O)OCC(=O)C(=O)OC1COC(=O)C1.C=C(C)C(=O)[O-].O=C(O)C(=O)CBr.O=C1CC(O)CO1.O=C1CC(OC(=O)C(=O)CBr)CO1.[Na+]. The summed E-state index contributed by atoms with van der Waals surface area (Å²) in [6.07, 6.45) is -1.80. The molecule has 292 valence electrons. The first-order valence-corrected chi connectivity index (χ1v) is 16.1. The number of ether oxygens (including phenoxy) is 6. The monoisotopic (exact) mass is 898 g/mol. The van der Waals surface area contributed by atoms with E-state index in [2.05, 4.69) is 73.4 Å². The second kappa shape index (κ2) is 30.6. The van der Waals surface area contributed by atoms with E-state index in [4.69, 9.17) is 10.2 Å². The van der Waals surface area contributed by atoms with Gasteiger partial charge >= 0.3 is 71.3 Å². The molecule has 0 bridgehead atoms. The first-order chi connectivity index (χ1) is 23.6. The van der Waals surface area contributed by atoms with E-state index in [1.54, 1.807) is 0 Å². The van der Waals surface area contributed by atoms with Crippen LogP contribution in [0.2, 0.25) is 0 Å². The molecule has 53 heavy (non-hydrogen) atoms. The van der Waals surface area contributed by atoms with Crippen LogP contribution >= 0.6 is 31.9 Å². The van der Waals surface area contributed by atoms with Crippen molar-refractivity contribution in [1.29, 1.82) is 0 Å². The number of cyclic esters (lactones) is 3. The molecule has 3 unspecified atom stereocenters. The number of hydrogen-bond acceptors (Lipinski definition) is 19. The normalized spacial score (nSPS) is 17.2. The zero-order valence-corrected chi connectivity index (χ0v) is 33.2. The third kappa shape index (κ3) is 28.4. The molecule has 0 saturated carbocycles. The Hall–Kier alpha value is -3.83. The molecule has 23 heteroatoms. The van der Waals surface area contributed by atoms with Crippen molar-refractivity contribution in [3.63, 3.8) is 0 Å². The zero-order chi connectivity index (χ0) is 39.8. The fraction of sp³-hybridized carbons (Fsp3) is 0.500. The summed E-state index contributed by atoms with van der Waals surface area (Å²) in [5, 5.41) is 25.7. The molecule has 3 saturated heterocycles. The van der Waals surface area contributed by atoms with Crippen LogP contribution in [0.5, 0.6) is 0 Å². The van der Waals surface area contributed by atoms with Crippen molar-refractivity contribution >= 4 is 97.0 Å². The van der Waals surface area contributed by atoms with Crippen molar-refractivity contribution in [3.05, 3.63) is 24.3 Å². The molecule has 0 aromatic heterocycles. The van der Waals surface area contributed by atoms with Gasteiger partial charge in [-0.3, -0.25) is 28.8 Å². The average molecular weight is 900 g/mol. The van der Waals surface area contributed by atoms with Crippen molar-refractivity contribution < 1.29 is 126 Å². The smallest absolute Gasteiger partial charge is 0.545 e. The Morgan fingerprint density at radius 3 is 1.32 bits per heavy atom. The number of aliphatic hydroxyl groups excluding tert-OH is 1. The standard InChI is InChI=1S/C11H12O7.C7H7BrO5.C4H6O3.C4H6O2.C3H3BrO3.CH4.Na/c1-6(2)10(14)17-5-8(12)11(15)18-7-3-9(13)16-4-7;8-2-5(9)7(11)13-4-1-6(10)12-3-4;5-3-1-4(6)7-2-3;1-3(2)4(5)6;4-1-2(5)3(6)7;;/h7H,1,3-5H2,2H3;4H,1-3H2;3,5H,1-2H2;1H2,2H3,(H,5,6);1H2,(H,6,7);1H4;/q;;;;;;+1/p-1. The quantitative estimate of drug-likeness (QED) is 0.0494. The van der Waals surface area contributed by atoms with Crippen LogP contribution in [-0.4, -0.2) is 131 Å². The van der Waals surface area contributed by atoms with Crippen molar-refractivity contribution in [1.82, 2.24) is 0 Å². The molecule has 20 nitrogen and oxygen atoms in total. The predicted octanol–water partition coefficient (Wildman–Crippen LogP) is -4.38. The van der Waals surface area contributed by atoms with Crippen LogP contribution in [-0.2, 0) is 81.2 Å². The first kappa shape index (κ1) is 55.9. The van der Waals surface area contributed by atoms with Crippen LogP contribution in [0.15, 0.2) is 24.3 Å². The minimum absolute atomic E-state index is 0. The molecule has 0 amide bonds. The summed E-state index contributed by atoms with van der Waals surface area (Å²) in [7, 11) is 0. The summed E-state index contributed by atoms with van der Waals surface area (Å²) in [6.45, 7) is 8.64. The van der Waals surface area contributed by atoms with Gasteiger partial charge in [-0.2, -0.15) is 0 Å². The number of Topliss-reactive ketones (excluding diaryl/α,β-unsaturated/α-hetero) is 3. The maximum absolute atomic E-state index is 11.2. The topological polar surface area (TPSA) is 307 Å². The van der Waals surface area contributed by atoms with Crippen molar-refractivity contribution in [2.45, 2.75) is 58.8 Å². The molecular formula is C30H37Br2NaO20. The van der Waals surface area contributed by atoms with Gasteiger partial charge in [0.1, 0.15) is 32.0 Å². The molecular weight excluding hydrogens is 863 g/mol. The van der Waals surface area contributed by atoms with Crippen LogP contribution in [0.4, 0.5) is 0 Å². The van der Waals surface area contributed by atoms with Gasteiger partial charge in [0.25, 0.3) is 11.6 Å². The van der Waals surface area contributed by atoms with Gasteiger partial charge in [-0.15, -0.1) is 0 Å². The van der Waals surface area contributed by atoms with E-state index in [0.717, 1.165) is 0 Å². The second-order valence-corrected chi connectivity index (χ2v) is 10.8. The molecule has 3 rings (SSSR count). The fourth-order valence-electron chi connectivity index (χ4n) is 2.49. The number of ketones is 3.